The Morgan fingerprint density at radius 3 is 2.34 bits per heavy atom. The van der Waals surface area contributed by atoms with Gasteiger partial charge in [0.15, 0.2) is 0 Å². The standard InChI is InChI=1S/C28H28N4O3/c1-2-35-25-15-9-8-14-24(25)30-16-18-31(19-17-30)26(33)20-32-23-13-7-6-12-22(23)27(29-28(32)34)21-10-4-3-5-11-21/h3-15H,2,16-20H2,1H3. The number of anilines is 1. The lowest BCUT2D eigenvalue weighted by molar-refractivity contribution is -0.132. The Kier molecular flexibility index (Phi) is 6.48. The molecule has 3 aromatic carbocycles. The highest BCUT2D eigenvalue weighted by atomic mass is 16.5. The number of amides is 1. The number of carbonyl (C=O) groups excluding carboxylic acids is 1. The van der Waals surface area contributed by atoms with E-state index in [1.807, 2.05) is 90.7 Å². The van der Waals surface area contributed by atoms with Crippen LogP contribution in [0.4, 0.5) is 5.69 Å². The van der Waals surface area contributed by atoms with Crippen LogP contribution in [0.5, 0.6) is 5.75 Å². The van der Waals surface area contributed by atoms with Gasteiger partial charge in [-0.15, -0.1) is 0 Å². The van der Waals surface area contributed by atoms with E-state index in [1.165, 1.54) is 4.57 Å². The summed E-state index contributed by atoms with van der Waals surface area (Å²) in [4.78, 5) is 34.7. The Bertz CT molecular complexity index is 1390. The maximum absolute atomic E-state index is 13.2. The second kappa shape index (κ2) is 10.0. The lowest BCUT2D eigenvalue weighted by Crippen LogP contribution is -2.50. The summed E-state index contributed by atoms with van der Waals surface area (Å²) in [7, 11) is 0. The van der Waals surface area contributed by atoms with Crippen LogP contribution in [0.15, 0.2) is 83.7 Å². The van der Waals surface area contributed by atoms with Crippen molar-refractivity contribution in [1.82, 2.24) is 14.5 Å². The van der Waals surface area contributed by atoms with E-state index in [2.05, 4.69) is 9.88 Å². The van der Waals surface area contributed by atoms with Crippen molar-refractivity contribution in [3.63, 3.8) is 0 Å². The molecular formula is C28H28N4O3. The number of fused-ring (bicyclic) bond motifs is 1. The number of hydrogen-bond acceptors (Lipinski definition) is 5. The van der Waals surface area contributed by atoms with E-state index in [9.17, 15) is 9.59 Å². The molecule has 0 unspecified atom stereocenters. The number of rotatable bonds is 6. The minimum Gasteiger partial charge on any atom is -0.492 e. The molecule has 1 amide bonds. The van der Waals surface area contributed by atoms with Crippen molar-refractivity contribution in [3.8, 4) is 17.0 Å². The molecule has 7 heteroatoms. The van der Waals surface area contributed by atoms with Crippen LogP contribution in [0.25, 0.3) is 22.2 Å². The smallest absolute Gasteiger partial charge is 0.349 e. The fraction of sp³-hybridized carbons (Fsp3) is 0.250. The van der Waals surface area contributed by atoms with Gasteiger partial charge in [0, 0.05) is 37.1 Å². The molecule has 2 heterocycles. The molecule has 1 aliphatic rings. The monoisotopic (exact) mass is 468 g/mol. The Morgan fingerprint density at radius 1 is 0.886 bits per heavy atom. The SMILES string of the molecule is CCOc1ccccc1N1CCN(C(=O)Cn2c(=O)nc(-c3ccccc3)c3ccccc32)CC1. The molecule has 5 rings (SSSR count). The summed E-state index contributed by atoms with van der Waals surface area (Å²) >= 11 is 0. The van der Waals surface area contributed by atoms with Gasteiger partial charge in [0.2, 0.25) is 5.91 Å². The van der Waals surface area contributed by atoms with Gasteiger partial charge in [0.25, 0.3) is 0 Å². The maximum atomic E-state index is 13.2. The van der Waals surface area contributed by atoms with Crippen LogP contribution in [0, 0.1) is 0 Å². The minimum atomic E-state index is -0.416. The molecule has 1 saturated heterocycles. The maximum Gasteiger partial charge on any atom is 0.349 e. The first-order valence-electron chi connectivity index (χ1n) is 11.9. The van der Waals surface area contributed by atoms with Gasteiger partial charge >= 0.3 is 5.69 Å². The summed E-state index contributed by atoms with van der Waals surface area (Å²) in [5.74, 6) is 0.779. The van der Waals surface area contributed by atoms with E-state index in [0.29, 0.717) is 44.0 Å². The quantitative estimate of drug-likeness (QED) is 0.431. The van der Waals surface area contributed by atoms with Crippen molar-refractivity contribution in [3.05, 3.63) is 89.3 Å². The van der Waals surface area contributed by atoms with Crippen molar-refractivity contribution in [2.75, 3.05) is 37.7 Å². The highest BCUT2D eigenvalue weighted by Crippen LogP contribution is 2.29. The molecule has 7 nitrogen and oxygen atoms in total. The molecule has 0 aliphatic carbocycles. The second-order valence-corrected chi connectivity index (χ2v) is 8.48. The van der Waals surface area contributed by atoms with Crippen LogP contribution < -0.4 is 15.3 Å². The zero-order valence-electron chi connectivity index (χ0n) is 19.8. The van der Waals surface area contributed by atoms with Gasteiger partial charge in [-0.25, -0.2) is 4.79 Å². The van der Waals surface area contributed by atoms with E-state index >= 15 is 0 Å². The van der Waals surface area contributed by atoms with Crippen LogP contribution in [-0.2, 0) is 11.3 Å². The molecule has 1 aliphatic heterocycles. The van der Waals surface area contributed by atoms with Gasteiger partial charge in [-0.05, 0) is 25.1 Å². The van der Waals surface area contributed by atoms with Gasteiger partial charge in [0.1, 0.15) is 12.3 Å². The fourth-order valence-electron chi connectivity index (χ4n) is 4.63. The summed E-state index contributed by atoms with van der Waals surface area (Å²) in [5.41, 5.74) is 2.85. The normalized spacial score (nSPS) is 13.7. The number of piperazine rings is 1. The summed E-state index contributed by atoms with van der Waals surface area (Å²) < 4.78 is 7.26. The number of aromatic nitrogens is 2. The van der Waals surface area contributed by atoms with Gasteiger partial charge in [0.05, 0.1) is 23.5 Å². The zero-order valence-corrected chi connectivity index (χ0v) is 19.8. The zero-order chi connectivity index (χ0) is 24.2. The van der Waals surface area contributed by atoms with E-state index in [-0.39, 0.29) is 12.5 Å². The number of carbonyl (C=O) groups is 1. The molecule has 0 spiro atoms. The third-order valence-electron chi connectivity index (χ3n) is 6.37. The third-order valence-corrected chi connectivity index (χ3v) is 6.37. The molecule has 178 valence electrons. The number of nitrogens with zero attached hydrogens (tertiary/aromatic N) is 4. The molecule has 0 bridgehead atoms. The van der Waals surface area contributed by atoms with Crippen LogP contribution in [0.2, 0.25) is 0 Å². The molecule has 1 aromatic heterocycles. The van der Waals surface area contributed by atoms with Crippen molar-refractivity contribution in [1.29, 1.82) is 0 Å². The molecule has 1 fully saturated rings. The molecular weight excluding hydrogens is 440 g/mol. The molecule has 4 aromatic rings. The molecule has 0 saturated carbocycles. The Balaban J connectivity index is 1.35. The highest BCUT2D eigenvalue weighted by Gasteiger charge is 2.24. The highest BCUT2D eigenvalue weighted by molar-refractivity contribution is 5.93. The molecule has 0 atom stereocenters. The number of hydrogen-bond donors (Lipinski definition) is 0. The average molecular weight is 469 g/mol. The lowest BCUT2D eigenvalue weighted by atomic mass is 10.1. The average Bonchev–Trinajstić information content (AvgIpc) is 2.91. The fourth-order valence-corrected chi connectivity index (χ4v) is 4.63. The number of benzene rings is 3. The Morgan fingerprint density at radius 2 is 1.57 bits per heavy atom. The minimum absolute atomic E-state index is 0.0308. The summed E-state index contributed by atoms with van der Waals surface area (Å²) in [6.45, 7) is 5.13. The summed E-state index contributed by atoms with van der Waals surface area (Å²) in [6.07, 6.45) is 0. The van der Waals surface area contributed by atoms with Crippen LogP contribution in [-0.4, -0.2) is 53.1 Å². The van der Waals surface area contributed by atoms with E-state index in [0.717, 1.165) is 22.4 Å². The van der Waals surface area contributed by atoms with Crippen LogP contribution >= 0.6 is 0 Å². The number of ether oxygens (including phenoxy) is 1. The predicted molar refractivity (Wildman–Crippen MR) is 138 cm³/mol. The lowest BCUT2D eigenvalue weighted by Gasteiger charge is -2.36. The van der Waals surface area contributed by atoms with Gasteiger partial charge in [-0.1, -0.05) is 60.7 Å². The van der Waals surface area contributed by atoms with Crippen LogP contribution in [0.1, 0.15) is 6.92 Å². The predicted octanol–water partition coefficient (Wildman–Crippen LogP) is 3.81. The summed E-state index contributed by atoms with van der Waals surface area (Å²) in [5, 5.41) is 0.850. The van der Waals surface area contributed by atoms with Crippen molar-refractivity contribution < 1.29 is 9.53 Å². The molecule has 0 radical (unpaired) electrons. The van der Waals surface area contributed by atoms with Gasteiger partial charge in [-0.2, -0.15) is 4.98 Å². The van der Waals surface area contributed by atoms with Gasteiger partial charge < -0.3 is 14.5 Å². The first-order valence-corrected chi connectivity index (χ1v) is 11.9. The van der Waals surface area contributed by atoms with E-state index in [4.69, 9.17) is 4.74 Å². The second-order valence-electron chi connectivity index (χ2n) is 8.48. The Hall–Kier alpha value is -4.13. The summed E-state index contributed by atoms with van der Waals surface area (Å²) in [6, 6.07) is 25.3. The third kappa shape index (κ3) is 4.62. The first kappa shape index (κ1) is 22.7. The van der Waals surface area contributed by atoms with Crippen molar-refractivity contribution in [2.24, 2.45) is 0 Å². The Labute approximate surface area is 204 Å². The topological polar surface area (TPSA) is 67.7 Å². The van der Waals surface area contributed by atoms with Gasteiger partial charge in [-0.3, -0.25) is 9.36 Å². The van der Waals surface area contributed by atoms with Crippen molar-refractivity contribution in [2.45, 2.75) is 13.5 Å². The molecule has 35 heavy (non-hydrogen) atoms. The first-order chi connectivity index (χ1) is 17.2. The van der Waals surface area contributed by atoms with Crippen molar-refractivity contribution >= 4 is 22.5 Å². The van der Waals surface area contributed by atoms with E-state index in [1.54, 1.807) is 0 Å². The van der Waals surface area contributed by atoms with E-state index < -0.39 is 5.69 Å². The largest absolute Gasteiger partial charge is 0.492 e. The van der Waals surface area contributed by atoms with Crippen LogP contribution in [0.3, 0.4) is 0 Å². The number of para-hydroxylation sites is 3. The molecule has 0 N–H and O–H groups in total.